The normalized spacial score (nSPS) is 22.2. The van der Waals surface area contributed by atoms with Gasteiger partial charge in [-0.25, -0.2) is 14.6 Å². The zero-order valence-corrected chi connectivity index (χ0v) is 18.6. The van der Waals surface area contributed by atoms with Crippen LogP contribution in [0.1, 0.15) is 49.8 Å². The SMILES string of the molecule is CC(C)(C)OC(=O)c1ncn2c1CN(C(=O)N1C[C@H]3CC[C@@H](C1)N3)c1cc(Cl)ccc1-2. The van der Waals surface area contributed by atoms with E-state index >= 15 is 0 Å². The van der Waals surface area contributed by atoms with E-state index in [4.69, 9.17) is 16.3 Å². The number of fused-ring (bicyclic) bond motifs is 5. The average Bonchev–Trinajstić information content (AvgIpc) is 3.27. The lowest BCUT2D eigenvalue weighted by atomic mass is 10.1. The predicted octanol–water partition coefficient (Wildman–Crippen LogP) is 3.36. The number of ether oxygens (including phenoxy) is 1. The molecule has 4 heterocycles. The van der Waals surface area contributed by atoms with Crippen LogP contribution < -0.4 is 10.2 Å². The molecule has 2 fully saturated rings. The topological polar surface area (TPSA) is 79.7 Å². The van der Waals surface area contributed by atoms with E-state index in [9.17, 15) is 9.59 Å². The molecule has 2 bridgehead atoms. The number of carbonyl (C=O) groups is 2. The van der Waals surface area contributed by atoms with Gasteiger partial charge in [0.25, 0.3) is 0 Å². The first-order valence-corrected chi connectivity index (χ1v) is 11.0. The van der Waals surface area contributed by atoms with Crippen LogP contribution in [-0.4, -0.2) is 57.2 Å². The fraction of sp³-hybridized carbons (Fsp3) is 0.500. The Hall–Kier alpha value is -2.58. The van der Waals surface area contributed by atoms with Gasteiger partial charge >= 0.3 is 12.0 Å². The summed E-state index contributed by atoms with van der Waals surface area (Å²) in [7, 11) is 0. The van der Waals surface area contributed by atoms with Gasteiger partial charge in [-0.3, -0.25) is 9.47 Å². The van der Waals surface area contributed by atoms with Crippen LogP contribution in [0.2, 0.25) is 5.02 Å². The summed E-state index contributed by atoms with van der Waals surface area (Å²) in [5.41, 5.74) is 1.70. The summed E-state index contributed by atoms with van der Waals surface area (Å²) in [6, 6.07) is 6.02. The largest absolute Gasteiger partial charge is 0.455 e. The van der Waals surface area contributed by atoms with Crippen molar-refractivity contribution in [2.75, 3.05) is 18.0 Å². The second-order valence-electron chi connectivity index (χ2n) is 9.46. The van der Waals surface area contributed by atoms with E-state index in [0.717, 1.165) is 18.5 Å². The summed E-state index contributed by atoms with van der Waals surface area (Å²) in [4.78, 5) is 34.4. The van der Waals surface area contributed by atoms with Crippen molar-refractivity contribution in [3.63, 3.8) is 0 Å². The minimum atomic E-state index is -0.636. The maximum absolute atomic E-state index is 13.6. The molecule has 0 saturated carbocycles. The standard InChI is InChI=1S/C22H26ClN5O3/c1-22(2,3)31-20(29)19-18-11-27(21(30)26-9-14-5-6-15(10-26)25-14)17-8-13(23)4-7-16(17)28(18)12-24-19/h4,7-8,12,14-15,25H,5-6,9-11H2,1-3H3/t14-,15+. The number of carbonyl (C=O) groups excluding carboxylic acids is 2. The van der Waals surface area contributed by atoms with Crippen LogP contribution in [0.25, 0.3) is 5.69 Å². The summed E-state index contributed by atoms with van der Waals surface area (Å²) in [5, 5.41) is 4.10. The molecule has 164 valence electrons. The van der Waals surface area contributed by atoms with Crippen LogP contribution in [0.3, 0.4) is 0 Å². The van der Waals surface area contributed by atoms with Crippen molar-refractivity contribution in [3.05, 3.63) is 40.9 Å². The van der Waals surface area contributed by atoms with Gasteiger partial charge in [0.1, 0.15) is 11.9 Å². The van der Waals surface area contributed by atoms with Crippen LogP contribution in [0.4, 0.5) is 10.5 Å². The smallest absolute Gasteiger partial charge is 0.359 e. The van der Waals surface area contributed by atoms with E-state index in [-0.39, 0.29) is 18.3 Å². The number of rotatable bonds is 1. The number of aromatic nitrogens is 2. The Morgan fingerprint density at radius 2 is 1.87 bits per heavy atom. The molecule has 0 spiro atoms. The highest BCUT2D eigenvalue weighted by Crippen LogP contribution is 2.36. The highest BCUT2D eigenvalue weighted by molar-refractivity contribution is 6.31. The van der Waals surface area contributed by atoms with Gasteiger partial charge in [0.2, 0.25) is 0 Å². The van der Waals surface area contributed by atoms with Crippen molar-refractivity contribution >= 4 is 29.3 Å². The van der Waals surface area contributed by atoms with Gasteiger partial charge in [-0.2, -0.15) is 0 Å². The van der Waals surface area contributed by atoms with Gasteiger partial charge in [0.15, 0.2) is 5.69 Å². The lowest BCUT2D eigenvalue weighted by molar-refractivity contribution is 0.00619. The third-order valence-electron chi connectivity index (χ3n) is 5.97. The monoisotopic (exact) mass is 443 g/mol. The minimum absolute atomic E-state index is 0.0792. The summed E-state index contributed by atoms with van der Waals surface area (Å²) >= 11 is 6.28. The number of esters is 1. The number of hydrogen-bond acceptors (Lipinski definition) is 5. The van der Waals surface area contributed by atoms with Crippen molar-refractivity contribution in [1.29, 1.82) is 0 Å². The van der Waals surface area contributed by atoms with Gasteiger partial charge in [-0.05, 0) is 51.8 Å². The summed E-state index contributed by atoms with van der Waals surface area (Å²) < 4.78 is 7.39. The number of piperazine rings is 1. The Labute approximate surface area is 186 Å². The van der Waals surface area contributed by atoms with Gasteiger partial charge in [-0.15, -0.1) is 0 Å². The molecular formula is C22H26ClN5O3. The fourth-order valence-corrected chi connectivity index (χ4v) is 4.84. The molecule has 2 atom stereocenters. The van der Waals surface area contributed by atoms with E-state index in [1.165, 1.54) is 0 Å². The molecule has 1 aromatic heterocycles. The number of urea groups is 1. The third-order valence-corrected chi connectivity index (χ3v) is 6.21. The number of nitrogens with one attached hydrogen (secondary N) is 1. The molecule has 2 saturated heterocycles. The van der Waals surface area contributed by atoms with Crippen LogP contribution in [0.5, 0.6) is 0 Å². The Morgan fingerprint density at radius 3 is 2.55 bits per heavy atom. The van der Waals surface area contributed by atoms with Crippen LogP contribution in [0, 0.1) is 0 Å². The van der Waals surface area contributed by atoms with Crippen LogP contribution >= 0.6 is 11.6 Å². The minimum Gasteiger partial charge on any atom is -0.455 e. The lowest BCUT2D eigenvalue weighted by Gasteiger charge is -2.38. The number of hydrogen-bond donors (Lipinski definition) is 1. The Morgan fingerprint density at radius 1 is 1.16 bits per heavy atom. The van der Waals surface area contributed by atoms with Crippen molar-refractivity contribution in [3.8, 4) is 5.69 Å². The molecule has 5 rings (SSSR count). The summed E-state index contributed by atoms with van der Waals surface area (Å²) in [6.45, 7) is 7.04. The zero-order valence-electron chi connectivity index (χ0n) is 17.9. The highest BCUT2D eigenvalue weighted by Gasteiger charge is 2.39. The van der Waals surface area contributed by atoms with Gasteiger partial charge in [-0.1, -0.05) is 11.6 Å². The molecule has 31 heavy (non-hydrogen) atoms. The van der Waals surface area contributed by atoms with E-state index in [0.29, 0.717) is 41.6 Å². The molecule has 3 aliphatic heterocycles. The molecule has 1 N–H and O–H groups in total. The van der Waals surface area contributed by atoms with Crippen LogP contribution in [0.15, 0.2) is 24.5 Å². The van der Waals surface area contributed by atoms with Gasteiger partial charge in [0.05, 0.1) is 23.6 Å². The zero-order chi connectivity index (χ0) is 21.9. The first-order chi connectivity index (χ1) is 14.7. The lowest BCUT2D eigenvalue weighted by Crippen LogP contribution is -2.56. The Kier molecular flexibility index (Phi) is 4.75. The van der Waals surface area contributed by atoms with E-state index < -0.39 is 11.6 Å². The first-order valence-electron chi connectivity index (χ1n) is 10.6. The molecule has 2 amide bonds. The Balaban J connectivity index is 1.52. The van der Waals surface area contributed by atoms with Gasteiger partial charge < -0.3 is 15.0 Å². The molecule has 0 radical (unpaired) electrons. The quantitative estimate of drug-likeness (QED) is 0.683. The molecule has 0 aliphatic carbocycles. The second-order valence-corrected chi connectivity index (χ2v) is 9.89. The van der Waals surface area contributed by atoms with Crippen molar-refractivity contribution in [2.45, 2.75) is 57.8 Å². The number of likely N-dealkylation sites (tertiary alicyclic amines) is 1. The average molecular weight is 444 g/mol. The first kappa shape index (κ1) is 20.3. The maximum atomic E-state index is 13.6. The number of nitrogens with zero attached hydrogens (tertiary/aromatic N) is 4. The number of amides is 2. The summed E-state index contributed by atoms with van der Waals surface area (Å²) in [6.07, 6.45) is 3.78. The second kappa shape index (κ2) is 7.24. The van der Waals surface area contributed by atoms with E-state index in [1.54, 1.807) is 23.4 Å². The summed E-state index contributed by atoms with van der Waals surface area (Å²) in [5.74, 6) is -0.494. The maximum Gasteiger partial charge on any atom is 0.359 e. The van der Waals surface area contributed by atoms with E-state index in [1.807, 2.05) is 36.3 Å². The number of imidazole rings is 1. The predicted molar refractivity (Wildman–Crippen MR) is 117 cm³/mol. The van der Waals surface area contributed by atoms with Gasteiger partial charge in [0, 0.05) is 30.2 Å². The number of benzene rings is 1. The van der Waals surface area contributed by atoms with Crippen molar-refractivity contribution in [1.82, 2.24) is 19.8 Å². The molecule has 3 aliphatic rings. The Bertz CT molecular complexity index is 1050. The fourth-order valence-electron chi connectivity index (χ4n) is 4.68. The molecule has 8 nitrogen and oxygen atoms in total. The molecule has 0 unspecified atom stereocenters. The molecule has 9 heteroatoms. The molecule has 1 aromatic carbocycles. The third kappa shape index (κ3) is 3.68. The molecule has 2 aromatic rings. The van der Waals surface area contributed by atoms with Crippen LogP contribution in [-0.2, 0) is 11.3 Å². The number of halogens is 1. The highest BCUT2D eigenvalue weighted by atomic mass is 35.5. The number of anilines is 1. The van der Waals surface area contributed by atoms with Crippen molar-refractivity contribution < 1.29 is 14.3 Å². The van der Waals surface area contributed by atoms with E-state index in [2.05, 4.69) is 10.3 Å². The van der Waals surface area contributed by atoms with Crippen molar-refractivity contribution in [2.24, 2.45) is 0 Å². The molecular weight excluding hydrogens is 418 g/mol.